The van der Waals surface area contributed by atoms with Crippen molar-refractivity contribution in [3.8, 4) is 0 Å². The van der Waals surface area contributed by atoms with Crippen molar-refractivity contribution < 1.29 is 9.84 Å². The van der Waals surface area contributed by atoms with Gasteiger partial charge >= 0.3 is 0 Å². The van der Waals surface area contributed by atoms with Crippen molar-refractivity contribution in [2.45, 2.75) is 31.0 Å². The van der Waals surface area contributed by atoms with E-state index in [0.29, 0.717) is 5.92 Å². The molecule has 1 spiro atoms. The smallest absolute Gasteiger partial charge is 0.0911 e. The van der Waals surface area contributed by atoms with Gasteiger partial charge in [-0.3, -0.25) is 0 Å². The SMILES string of the molecule is OC(c1cccs1)C1CCOC2(CCSC2)C1. The van der Waals surface area contributed by atoms with Crippen LogP contribution in [0.1, 0.15) is 30.2 Å². The average Bonchev–Trinajstić information content (AvgIpc) is 3.00. The van der Waals surface area contributed by atoms with Gasteiger partial charge in [-0.25, -0.2) is 0 Å². The predicted molar refractivity (Wildman–Crippen MR) is 72.6 cm³/mol. The second-order valence-corrected chi connectivity index (χ2v) is 7.13. The van der Waals surface area contributed by atoms with Gasteiger partial charge in [0.15, 0.2) is 0 Å². The minimum atomic E-state index is -0.290. The molecule has 94 valence electrons. The van der Waals surface area contributed by atoms with E-state index < -0.39 is 0 Å². The molecule has 0 aromatic carbocycles. The maximum absolute atomic E-state index is 10.4. The van der Waals surface area contributed by atoms with Gasteiger partial charge in [-0.1, -0.05) is 6.07 Å². The van der Waals surface area contributed by atoms with E-state index in [2.05, 4.69) is 0 Å². The summed E-state index contributed by atoms with van der Waals surface area (Å²) in [6.07, 6.45) is 2.89. The highest BCUT2D eigenvalue weighted by molar-refractivity contribution is 7.99. The van der Waals surface area contributed by atoms with E-state index in [1.807, 2.05) is 29.3 Å². The molecule has 4 heteroatoms. The Morgan fingerprint density at radius 1 is 1.53 bits per heavy atom. The largest absolute Gasteiger partial charge is 0.387 e. The minimum absolute atomic E-state index is 0.0752. The number of hydrogen-bond acceptors (Lipinski definition) is 4. The molecular formula is C13H18O2S2. The number of rotatable bonds is 2. The summed E-state index contributed by atoms with van der Waals surface area (Å²) in [5.74, 6) is 2.70. The molecule has 3 rings (SSSR count). The first-order valence-corrected chi connectivity index (χ1v) is 8.26. The first kappa shape index (κ1) is 12.0. The van der Waals surface area contributed by atoms with Crippen molar-refractivity contribution in [2.24, 2.45) is 5.92 Å². The van der Waals surface area contributed by atoms with Gasteiger partial charge < -0.3 is 9.84 Å². The van der Waals surface area contributed by atoms with Crippen molar-refractivity contribution in [3.63, 3.8) is 0 Å². The molecule has 1 aromatic rings. The highest BCUT2D eigenvalue weighted by Crippen LogP contribution is 2.44. The van der Waals surface area contributed by atoms with Crippen LogP contribution in [0.2, 0.25) is 0 Å². The van der Waals surface area contributed by atoms with Crippen molar-refractivity contribution >= 4 is 23.1 Å². The van der Waals surface area contributed by atoms with Crippen LogP contribution in [0.25, 0.3) is 0 Å². The molecule has 0 radical (unpaired) electrons. The molecule has 1 aromatic heterocycles. The van der Waals surface area contributed by atoms with Crippen LogP contribution in [-0.2, 0) is 4.74 Å². The van der Waals surface area contributed by atoms with Crippen molar-refractivity contribution in [3.05, 3.63) is 22.4 Å². The molecule has 2 aliphatic rings. The molecule has 3 atom stereocenters. The van der Waals surface area contributed by atoms with E-state index in [1.165, 1.54) is 5.75 Å². The standard InChI is InChI=1S/C13H18O2S2/c14-12(11-2-1-6-17-11)10-3-5-15-13(8-10)4-7-16-9-13/h1-2,6,10,12,14H,3-5,7-9H2. The average molecular weight is 270 g/mol. The number of aliphatic hydroxyl groups is 1. The van der Waals surface area contributed by atoms with Gasteiger partial charge in [0, 0.05) is 17.2 Å². The van der Waals surface area contributed by atoms with E-state index >= 15 is 0 Å². The quantitative estimate of drug-likeness (QED) is 0.895. The lowest BCUT2D eigenvalue weighted by molar-refractivity contribution is -0.101. The van der Waals surface area contributed by atoms with Crippen LogP contribution < -0.4 is 0 Å². The molecule has 1 N–H and O–H groups in total. The third kappa shape index (κ3) is 2.41. The summed E-state index contributed by atoms with van der Waals surface area (Å²) in [5, 5.41) is 12.5. The zero-order chi connectivity index (χ0) is 11.7. The van der Waals surface area contributed by atoms with Gasteiger partial charge in [0.05, 0.1) is 11.7 Å². The zero-order valence-corrected chi connectivity index (χ0v) is 11.4. The lowest BCUT2D eigenvalue weighted by atomic mass is 9.82. The van der Waals surface area contributed by atoms with E-state index in [1.54, 1.807) is 11.3 Å². The van der Waals surface area contributed by atoms with Crippen LogP contribution in [-0.4, -0.2) is 28.8 Å². The second-order valence-electron chi connectivity index (χ2n) is 5.05. The maximum Gasteiger partial charge on any atom is 0.0911 e. The summed E-state index contributed by atoms with van der Waals surface area (Å²) in [6.45, 7) is 0.813. The first-order valence-electron chi connectivity index (χ1n) is 6.22. The zero-order valence-electron chi connectivity index (χ0n) is 9.80. The van der Waals surface area contributed by atoms with E-state index in [4.69, 9.17) is 4.74 Å². The molecule has 17 heavy (non-hydrogen) atoms. The molecule has 3 unspecified atom stereocenters. The number of aliphatic hydroxyl groups excluding tert-OH is 1. The van der Waals surface area contributed by atoms with Gasteiger partial charge in [-0.2, -0.15) is 11.8 Å². The first-order chi connectivity index (χ1) is 8.29. The molecule has 2 saturated heterocycles. The normalized spacial score (nSPS) is 35.2. The number of ether oxygens (including phenoxy) is 1. The summed E-state index contributed by atoms with van der Waals surface area (Å²) in [4.78, 5) is 1.11. The van der Waals surface area contributed by atoms with E-state index in [9.17, 15) is 5.11 Å². The number of hydrogen-bond donors (Lipinski definition) is 1. The highest BCUT2D eigenvalue weighted by Gasteiger charge is 2.42. The Balaban J connectivity index is 1.71. The Morgan fingerprint density at radius 3 is 3.18 bits per heavy atom. The highest BCUT2D eigenvalue weighted by atomic mass is 32.2. The van der Waals surface area contributed by atoms with Crippen LogP contribution >= 0.6 is 23.1 Å². The van der Waals surface area contributed by atoms with Crippen LogP contribution in [0.5, 0.6) is 0 Å². The molecule has 0 bridgehead atoms. The van der Waals surface area contributed by atoms with Gasteiger partial charge in [0.25, 0.3) is 0 Å². The summed E-state index contributed by atoms with van der Waals surface area (Å²) < 4.78 is 6.00. The van der Waals surface area contributed by atoms with Gasteiger partial charge in [-0.15, -0.1) is 11.3 Å². The fourth-order valence-corrected chi connectivity index (χ4v) is 5.07. The summed E-state index contributed by atoms with van der Waals surface area (Å²) in [6, 6.07) is 4.06. The van der Waals surface area contributed by atoms with Crippen molar-refractivity contribution in [1.82, 2.24) is 0 Å². The van der Waals surface area contributed by atoms with E-state index in [-0.39, 0.29) is 11.7 Å². The summed E-state index contributed by atoms with van der Waals surface area (Å²) in [7, 11) is 0. The Morgan fingerprint density at radius 2 is 2.47 bits per heavy atom. The van der Waals surface area contributed by atoms with Crippen molar-refractivity contribution in [2.75, 3.05) is 18.1 Å². The number of thioether (sulfide) groups is 1. The Kier molecular flexibility index (Phi) is 3.48. The van der Waals surface area contributed by atoms with Crippen LogP contribution in [0.4, 0.5) is 0 Å². The maximum atomic E-state index is 10.4. The Hall–Kier alpha value is -0.0300. The Labute approximate surface area is 110 Å². The predicted octanol–water partition coefficient (Wildman–Crippen LogP) is 3.08. The molecular weight excluding hydrogens is 252 g/mol. The topological polar surface area (TPSA) is 29.5 Å². The van der Waals surface area contributed by atoms with Crippen LogP contribution in [0, 0.1) is 5.92 Å². The molecule has 0 saturated carbocycles. The second kappa shape index (κ2) is 4.92. The fourth-order valence-electron chi connectivity index (χ4n) is 2.89. The molecule has 2 nitrogen and oxygen atoms in total. The van der Waals surface area contributed by atoms with Gasteiger partial charge in [-0.05, 0) is 42.4 Å². The summed E-state index contributed by atoms with van der Waals surface area (Å²) in [5.41, 5.74) is 0.0752. The third-order valence-electron chi connectivity index (χ3n) is 3.88. The molecule has 2 aliphatic heterocycles. The van der Waals surface area contributed by atoms with E-state index in [0.717, 1.165) is 36.5 Å². The third-order valence-corrected chi connectivity index (χ3v) is 6.05. The van der Waals surface area contributed by atoms with Gasteiger partial charge in [0.1, 0.15) is 0 Å². The van der Waals surface area contributed by atoms with Gasteiger partial charge in [0.2, 0.25) is 0 Å². The summed E-state index contributed by atoms with van der Waals surface area (Å²) >= 11 is 3.65. The molecule has 0 aliphatic carbocycles. The lowest BCUT2D eigenvalue weighted by Crippen LogP contribution is -2.41. The molecule has 0 amide bonds. The molecule has 2 fully saturated rings. The van der Waals surface area contributed by atoms with Crippen molar-refractivity contribution in [1.29, 1.82) is 0 Å². The Bertz CT molecular complexity index is 358. The fraction of sp³-hybridized carbons (Fsp3) is 0.692. The lowest BCUT2D eigenvalue weighted by Gasteiger charge is -2.39. The van der Waals surface area contributed by atoms with Crippen LogP contribution in [0.15, 0.2) is 17.5 Å². The van der Waals surface area contributed by atoms with Crippen LogP contribution in [0.3, 0.4) is 0 Å². The monoisotopic (exact) mass is 270 g/mol. The molecule has 3 heterocycles. The number of thiophene rings is 1. The minimum Gasteiger partial charge on any atom is -0.387 e.